The molecule has 0 amide bonds. The molecular weight excluding hydrogens is 230 g/mol. The molecule has 1 saturated carbocycles. The molecule has 0 aliphatic heterocycles. The van der Waals surface area contributed by atoms with Crippen molar-refractivity contribution in [2.75, 3.05) is 13.1 Å². The molecule has 1 heteroatoms. The van der Waals surface area contributed by atoms with Crippen molar-refractivity contribution in [2.45, 2.75) is 46.0 Å². The van der Waals surface area contributed by atoms with Crippen LogP contribution in [0.2, 0.25) is 0 Å². The lowest BCUT2D eigenvalue weighted by Crippen LogP contribution is -2.25. The van der Waals surface area contributed by atoms with Gasteiger partial charge in [0, 0.05) is 0 Å². The topological polar surface area (TPSA) is 12.0 Å². The van der Waals surface area contributed by atoms with Gasteiger partial charge in [-0.3, -0.25) is 0 Å². The number of rotatable bonds is 7. The molecule has 0 bridgehead atoms. The van der Waals surface area contributed by atoms with Crippen LogP contribution in [-0.4, -0.2) is 13.1 Å². The molecule has 2 unspecified atom stereocenters. The maximum Gasteiger partial charge on any atom is -0.0000499 e. The molecule has 0 radical (unpaired) electrons. The Morgan fingerprint density at radius 3 is 2.37 bits per heavy atom. The van der Waals surface area contributed by atoms with E-state index in [1.807, 2.05) is 0 Å². The van der Waals surface area contributed by atoms with Crippen LogP contribution in [0.1, 0.15) is 46.1 Å². The lowest BCUT2D eigenvalue weighted by atomic mass is 9.85. The van der Waals surface area contributed by atoms with Gasteiger partial charge < -0.3 is 5.32 Å². The Morgan fingerprint density at radius 1 is 1.11 bits per heavy atom. The average molecular weight is 259 g/mol. The number of nitrogens with one attached hydrogen (secondary N) is 1. The minimum atomic E-state index is 0.458. The third-order valence-electron chi connectivity index (χ3n) is 4.30. The third kappa shape index (κ3) is 3.60. The summed E-state index contributed by atoms with van der Waals surface area (Å²) in [7, 11) is 0. The van der Waals surface area contributed by atoms with Crippen LogP contribution in [0.3, 0.4) is 0 Å². The van der Waals surface area contributed by atoms with Crippen molar-refractivity contribution in [3.8, 4) is 0 Å². The van der Waals surface area contributed by atoms with Gasteiger partial charge in [-0.1, -0.05) is 58.0 Å². The second kappa shape index (κ2) is 6.09. The van der Waals surface area contributed by atoms with Crippen molar-refractivity contribution >= 4 is 0 Å². The van der Waals surface area contributed by atoms with Gasteiger partial charge in [0.1, 0.15) is 0 Å². The van der Waals surface area contributed by atoms with Crippen LogP contribution in [0, 0.1) is 17.8 Å². The Hall–Kier alpha value is -0.820. The van der Waals surface area contributed by atoms with Gasteiger partial charge in [0.2, 0.25) is 0 Å². The van der Waals surface area contributed by atoms with Gasteiger partial charge in [0.15, 0.2) is 0 Å². The first kappa shape index (κ1) is 14.6. The average Bonchev–Trinajstić information content (AvgIpc) is 3.03. The standard InChI is InChI=1S/C18H29N/c1-14(2)10-18(16-8-6-5-7-9-16)11-17(18)13-19-12-15(3)4/h5-9,14-15,17,19H,10-13H2,1-4H3. The van der Waals surface area contributed by atoms with E-state index < -0.39 is 0 Å². The SMILES string of the molecule is CC(C)CNCC1CC1(CC(C)C)c1ccccc1. The highest BCUT2D eigenvalue weighted by molar-refractivity contribution is 5.34. The second-order valence-corrected chi connectivity index (χ2v) is 7.07. The van der Waals surface area contributed by atoms with E-state index in [0.29, 0.717) is 5.41 Å². The van der Waals surface area contributed by atoms with Crippen molar-refractivity contribution in [3.63, 3.8) is 0 Å². The van der Waals surface area contributed by atoms with E-state index in [1.165, 1.54) is 19.4 Å². The molecule has 0 heterocycles. The fraction of sp³-hybridized carbons (Fsp3) is 0.667. The van der Waals surface area contributed by atoms with Gasteiger partial charge in [0.25, 0.3) is 0 Å². The predicted octanol–water partition coefficient (Wildman–Crippen LogP) is 4.24. The normalized spacial score (nSPS) is 26.1. The first-order chi connectivity index (χ1) is 9.04. The first-order valence-corrected chi connectivity index (χ1v) is 7.81. The molecule has 1 aliphatic carbocycles. The molecule has 0 spiro atoms. The molecule has 2 atom stereocenters. The Morgan fingerprint density at radius 2 is 1.79 bits per heavy atom. The molecule has 1 aliphatic rings. The van der Waals surface area contributed by atoms with Gasteiger partial charge in [-0.15, -0.1) is 0 Å². The quantitative estimate of drug-likeness (QED) is 0.772. The molecule has 1 aromatic rings. The summed E-state index contributed by atoms with van der Waals surface area (Å²) >= 11 is 0. The molecular formula is C18H29N. The minimum Gasteiger partial charge on any atom is -0.316 e. The first-order valence-electron chi connectivity index (χ1n) is 7.81. The molecule has 0 aromatic heterocycles. The van der Waals surface area contributed by atoms with E-state index in [1.54, 1.807) is 5.56 Å². The van der Waals surface area contributed by atoms with Gasteiger partial charge >= 0.3 is 0 Å². The maximum absolute atomic E-state index is 3.64. The van der Waals surface area contributed by atoms with Crippen molar-refractivity contribution in [1.29, 1.82) is 0 Å². The van der Waals surface area contributed by atoms with Gasteiger partial charge in [-0.2, -0.15) is 0 Å². The third-order valence-corrected chi connectivity index (χ3v) is 4.30. The van der Waals surface area contributed by atoms with E-state index in [2.05, 4.69) is 63.3 Å². The molecule has 1 fully saturated rings. The van der Waals surface area contributed by atoms with Crippen LogP contribution >= 0.6 is 0 Å². The van der Waals surface area contributed by atoms with Gasteiger partial charge in [-0.25, -0.2) is 0 Å². The zero-order valence-corrected chi connectivity index (χ0v) is 12.9. The summed E-state index contributed by atoms with van der Waals surface area (Å²) in [6.07, 6.45) is 2.69. The highest BCUT2D eigenvalue weighted by Crippen LogP contribution is 2.57. The van der Waals surface area contributed by atoms with Crippen LogP contribution in [0.15, 0.2) is 30.3 Å². The van der Waals surface area contributed by atoms with Crippen molar-refractivity contribution in [3.05, 3.63) is 35.9 Å². The predicted molar refractivity (Wildman–Crippen MR) is 83.4 cm³/mol. The van der Waals surface area contributed by atoms with E-state index >= 15 is 0 Å². The van der Waals surface area contributed by atoms with Gasteiger partial charge in [-0.05, 0) is 54.7 Å². The van der Waals surface area contributed by atoms with Crippen LogP contribution in [0.4, 0.5) is 0 Å². The lowest BCUT2D eigenvalue weighted by molar-refractivity contribution is 0.437. The summed E-state index contributed by atoms with van der Waals surface area (Å²) in [4.78, 5) is 0. The number of hydrogen-bond donors (Lipinski definition) is 1. The minimum absolute atomic E-state index is 0.458. The number of benzene rings is 1. The summed E-state index contributed by atoms with van der Waals surface area (Å²) in [5.41, 5.74) is 2.01. The molecule has 2 rings (SSSR count). The van der Waals surface area contributed by atoms with E-state index in [9.17, 15) is 0 Å². The zero-order valence-electron chi connectivity index (χ0n) is 12.9. The van der Waals surface area contributed by atoms with E-state index in [-0.39, 0.29) is 0 Å². The summed E-state index contributed by atoms with van der Waals surface area (Å²) in [5.74, 6) is 2.35. The monoisotopic (exact) mass is 259 g/mol. The fourth-order valence-corrected chi connectivity index (χ4v) is 3.41. The Labute approximate surface area is 118 Å². The highest BCUT2D eigenvalue weighted by Gasteiger charge is 2.54. The zero-order chi connectivity index (χ0) is 13.9. The van der Waals surface area contributed by atoms with E-state index in [0.717, 1.165) is 24.3 Å². The maximum atomic E-state index is 3.64. The van der Waals surface area contributed by atoms with Crippen LogP contribution in [0.25, 0.3) is 0 Å². The summed E-state index contributed by atoms with van der Waals surface area (Å²) in [6, 6.07) is 11.2. The van der Waals surface area contributed by atoms with Gasteiger partial charge in [0.05, 0.1) is 0 Å². The summed E-state index contributed by atoms with van der Waals surface area (Å²) in [6.45, 7) is 11.6. The van der Waals surface area contributed by atoms with Crippen molar-refractivity contribution < 1.29 is 0 Å². The Bertz CT molecular complexity index is 382. The van der Waals surface area contributed by atoms with Crippen molar-refractivity contribution in [1.82, 2.24) is 5.32 Å². The van der Waals surface area contributed by atoms with Crippen LogP contribution in [-0.2, 0) is 5.41 Å². The highest BCUT2D eigenvalue weighted by atomic mass is 14.9. The summed E-state index contributed by atoms with van der Waals surface area (Å²) < 4.78 is 0. The molecule has 1 N–H and O–H groups in total. The fourth-order valence-electron chi connectivity index (χ4n) is 3.41. The number of hydrogen-bond acceptors (Lipinski definition) is 1. The largest absolute Gasteiger partial charge is 0.316 e. The summed E-state index contributed by atoms with van der Waals surface area (Å²) in [5, 5.41) is 3.64. The second-order valence-electron chi connectivity index (χ2n) is 7.07. The molecule has 1 nitrogen and oxygen atoms in total. The van der Waals surface area contributed by atoms with E-state index in [4.69, 9.17) is 0 Å². The molecule has 0 saturated heterocycles. The molecule has 106 valence electrons. The molecule has 1 aromatic carbocycles. The Balaban J connectivity index is 2.00. The lowest BCUT2D eigenvalue weighted by Gasteiger charge is -2.21. The molecule has 19 heavy (non-hydrogen) atoms. The van der Waals surface area contributed by atoms with Crippen LogP contribution in [0.5, 0.6) is 0 Å². The Kier molecular flexibility index (Phi) is 4.67. The smallest absolute Gasteiger partial charge is 0.0000499 e. The van der Waals surface area contributed by atoms with Crippen molar-refractivity contribution in [2.24, 2.45) is 17.8 Å². The van der Waals surface area contributed by atoms with Crippen LogP contribution < -0.4 is 5.32 Å².